The molecule has 6 heteroatoms. The van der Waals surface area contributed by atoms with Gasteiger partial charge in [0.05, 0.1) is 11.4 Å². The molecule has 5 nitrogen and oxygen atoms in total. The maximum atomic E-state index is 13.0. The number of aryl methyl sites for hydroxylation is 1. The third-order valence-electron chi connectivity index (χ3n) is 3.86. The Morgan fingerprint density at radius 2 is 2.04 bits per heavy atom. The topological polar surface area (TPSA) is 58.5 Å². The predicted octanol–water partition coefficient (Wildman–Crippen LogP) is 3.28. The zero-order valence-corrected chi connectivity index (χ0v) is 13.3. The number of aromatic nitrogens is 4. The molecular formula is C17H20FN5. The van der Waals surface area contributed by atoms with Gasteiger partial charge in [-0.2, -0.15) is 10.2 Å². The van der Waals surface area contributed by atoms with Gasteiger partial charge in [0.2, 0.25) is 0 Å². The van der Waals surface area contributed by atoms with Crippen LogP contribution < -0.4 is 5.32 Å². The van der Waals surface area contributed by atoms with Crippen LogP contribution in [0.2, 0.25) is 0 Å². The first-order valence-corrected chi connectivity index (χ1v) is 7.72. The highest BCUT2D eigenvalue weighted by molar-refractivity contribution is 5.58. The van der Waals surface area contributed by atoms with Crippen LogP contribution >= 0.6 is 0 Å². The average Bonchev–Trinajstić information content (AvgIpc) is 3.22. The summed E-state index contributed by atoms with van der Waals surface area (Å²) in [6.07, 6.45) is 1.82. The highest BCUT2D eigenvalue weighted by atomic mass is 19.1. The fourth-order valence-corrected chi connectivity index (χ4v) is 2.56. The van der Waals surface area contributed by atoms with E-state index in [9.17, 15) is 4.39 Å². The zero-order chi connectivity index (χ0) is 16.2. The Morgan fingerprint density at radius 3 is 2.78 bits per heavy atom. The first-order chi connectivity index (χ1) is 11.2. The molecule has 0 amide bonds. The quantitative estimate of drug-likeness (QED) is 0.734. The standard InChI is InChI=1S/C17H20FN5/c1-3-23-17(8-9-20-23)12(2)19-11-15-10-16(22-21-15)13-4-6-14(18)7-5-13/h4-10,12,19H,3,11H2,1-2H3,(H,21,22). The van der Waals surface area contributed by atoms with Gasteiger partial charge in [0.1, 0.15) is 5.82 Å². The fraction of sp³-hybridized carbons (Fsp3) is 0.294. The normalized spacial score (nSPS) is 12.5. The summed E-state index contributed by atoms with van der Waals surface area (Å²) in [7, 11) is 0. The van der Waals surface area contributed by atoms with Crippen LogP contribution in [0, 0.1) is 5.82 Å². The van der Waals surface area contributed by atoms with Gasteiger partial charge in [-0.05, 0) is 50.2 Å². The summed E-state index contributed by atoms with van der Waals surface area (Å²) in [6.45, 7) is 5.71. The highest BCUT2D eigenvalue weighted by Gasteiger charge is 2.11. The van der Waals surface area contributed by atoms with Crippen molar-refractivity contribution in [3.63, 3.8) is 0 Å². The molecule has 2 N–H and O–H groups in total. The van der Waals surface area contributed by atoms with E-state index in [2.05, 4.69) is 34.5 Å². The van der Waals surface area contributed by atoms with E-state index in [1.807, 2.05) is 23.0 Å². The number of hydrogen-bond donors (Lipinski definition) is 2. The van der Waals surface area contributed by atoms with Gasteiger partial charge in [-0.25, -0.2) is 4.39 Å². The number of benzene rings is 1. The maximum absolute atomic E-state index is 13.0. The van der Waals surface area contributed by atoms with Gasteiger partial charge in [-0.1, -0.05) is 0 Å². The van der Waals surface area contributed by atoms with Gasteiger partial charge < -0.3 is 5.32 Å². The lowest BCUT2D eigenvalue weighted by molar-refractivity contribution is 0.505. The van der Waals surface area contributed by atoms with Crippen molar-refractivity contribution in [2.75, 3.05) is 0 Å². The van der Waals surface area contributed by atoms with Crippen LogP contribution in [0.3, 0.4) is 0 Å². The summed E-state index contributed by atoms with van der Waals surface area (Å²) in [4.78, 5) is 0. The van der Waals surface area contributed by atoms with E-state index in [-0.39, 0.29) is 11.9 Å². The molecule has 0 saturated carbocycles. The second kappa shape index (κ2) is 6.75. The van der Waals surface area contributed by atoms with Gasteiger partial charge in [0.15, 0.2) is 0 Å². The van der Waals surface area contributed by atoms with Crippen molar-refractivity contribution in [3.05, 3.63) is 59.8 Å². The molecule has 1 atom stereocenters. The molecule has 1 aromatic carbocycles. The Kier molecular flexibility index (Phi) is 4.52. The summed E-state index contributed by atoms with van der Waals surface area (Å²) in [5.41, 5.74) is 3.85. The molecule has 3 aromatic rings. The van der Waals surface area contributed by atoms with Crippen LogP contribution in [0.25, 0.3) is 11.3 Å². The first kappa shape index (κ1) is 15.4. The van der Waals surface area contributed by atoms with Gasteiger partial charge in [0.25, 0.3) is 0 Å². The molecule has 120 valence electrons. The Bertz CT molecular complexity index is 759. The van der Waals surface area contributed by atoms with E-state index >= 15 is 0 Å². The van der Waals surface area contributed by atoms with Crippen LogP contribution in [0.4, 0.5) is 4.39 Å². The Labute approximate surface area is 134 Å². The molecule has 23 heavy (non-hydrogen) atoms. The largest absolute Gasteiger partial charge is 0.303 e. The molecule has 2 heterocycles. The Hall–Kier alpha value is -2.47. The molecule has 2 aromatic heterocycles. The predicted molar refractivity (Wildman–Crippen MR) is 87.1 cm³/mol. The van der Waals surface area contributed by atoms with Crippen molar-refractivity contribution >= 4 is 0 Å². The van der Waals surface area contributed by atoms with Crippen molar-refractivity contribution in [1.29, 1.82) is 0 Å². The van der Waals surface area contributed by atoms with Gasteiger partial charge >= 0.3 is 0 Å². The second-order valence-electron chi connectivity index (χ2n) is 5.46. The molecule has 0 fully saturated rings. The Balaban J connectivity index is 1.64. The van der Waals surface area contributed by atoms with E-state index in [1.165, 1.54) is 12.1 Å². The van der Waals surface area contributed by atoms with Crippen molar-refractivity contribution in [1.82, 2.24) is 25.3 Å². The van der Waals surface area contributed by atoms with Gasteiger partial charge in [-0.15, -0.1) is 0 Å². The van der Waals surface area contributed by atoms with Gasteiger partial charge in [0, 0.05) is 36.6 Å². The molecule has 0 saturated heterocycles. The molecule has 0 bridgehead atoms. The molecular weight excluding hydrogens is 293 g/mol. The number of aromatic amines is 1. The smallest absolute Gasteiger partial charge is 0.123 e. The lowest BCUT2D eigenvalue weighted by Gasteiger charge is -2.14. The molecule has 1 unspecified atom stereocenters. The van der Waals surface area contributed by atoms with Crippen molar-refractivity contribution in [3.8, 4) is 11.3 Å². The molecule has 0 aliphatic rings. The number of rotatable bonds is 6. The number of hydrogen-bond acceptors (Lipinski definition) is 3. The highest BCUT2D eigenvalue weighted by Crippen LogP contribution is 2.18. The Morgan fingerprint density at radius 1 is 1.26 bits per heavy atom. The van der Waals surface area contributed by atoms with Crippen LogP contribution in [-0.4, -0.2) is 20.0 Å². The monoisotopic (exact) mass is 313 g/mol. The van der Waals surface area contributed by atoms with Crippen molar-refractivity contribution < 1.29 is 4.39 Å². The van der Waals surface area contributed by atoms with Crippen LogP contribution in [0.15, 0.2) is 42.6 Å². The molecule has 0 aliphatic heterocycles. The minimum absolute atomic E-state index is 0.190. The second-order valence-corrected chi connectivity index (χ2v) is 5.46. The van der Waals surface area contributed by atoms with E-state index in [4.69, 9.17) is 0 Å². The maximum Gasteiger partial charge on any atom is 0.123 e. The number of H-pyrrole nitrogens is 1. The van der Waals surface area contributed by atoms with Crippen LogP contribution in [-0.2, 0) is 13.1 Å². The van der Waals surface area contributed by atoms with E-state index < -0.39 is 0 Å². The van der Waals surface area contributed by atoms with E-state index in [1.54, 1.807) is 12.1 Å². The lowest BCUT2D eigenvalue weighted by atomic mass is 10.1. The zero-order valence-electron chi connectivity index (χ0n) is 13.3. The summed E-state index contributed by atoms with van der Waals surface area (Å²) in [5, 5.41) is 15.1. The number of nitrogens with zero attached hydrogens (tertiary/aromatic N) is 3. The van der Waals surface area contributed by atoms with E-state index in [0.29, 0.717) is 6.54 Å². The third kappa shape index (κ3) is 3.48. The van der Waals surface area contributed by atoms with Crippen molar-refractivity contribution in [2.45, 2.75) is 33.0 Å². The van der Waals surface area contributed by atoms with Gasteiger partial charge in [-0.3, -0.25) is 9.78 Å². The van der Waals surface area contributed by atoms with Crippen molar-refractivity contribution in [2.24, 2.45) is 0 Å². The summed E-state index contributed by atoms with van der Waals surface area (Å²) >= 11 is 0. The first-order valence-electron chi connectivity index (χ1n) is 7.72. The number of halogens is 1. The van der Waals surface area contributed by atoms with E-state index in [0.717, 1.165) is 29.2 Å². The van der Waals surface area contributed by atoms with Crippen LogP contribution in [0.1, 0.15) is 31.3 Å². The lowest BCUT2D eigenvalue weighted by Crippen LogP contribution is -2.21. The minimum atomic E-state index is -0.243. The minimum Gasteiger partial charge on any atom is -0.303 e. The molecule has 0 spiro atoms. The molecule has 0 aliphatic carbocycles. The van der Waals surface area contributed by atoms with Crippen LogP contribution in [0.5, 0.6) is 0 Å². The third-order valence-corrected chi connectivity index (χ3v) is 3.86. The summed E-state index contributed by atoms with van der Waals surface area (Å²) in [6, 6.07) is 10.5. The molecule has 0 radical (unpaired) electrons. The summed E-state index contributed by atoms with van der Waals surface area (Å²) in [5.74, 6) is -0.243. The molecule has 3 rings (SSSR count). The SMILES string of the molecule is CCn1nccc1C(C)NCc1cc(-c2ccc(F)cc2)n[nH]1. The summed E-state index contributed by atoms with van der Waals surface area (Å²) < 4.78 is 14.9. The number of nitrogens with one attached hydrogen (secondary N) is 2. The average molecular weight is 313 g/mol. The fourth-order valence-electron chi connectivity index (χ4n) is 2.56.